The van der Waals surface area contributed by atoms with Crippen LogP contribution in [0.15, 0.2) is 10.6 Å². The van der Waals surface area contributed by atoms with Crippen LogP contribution in [0.3, 0.4) is 0 Å². The summed E-state index contributed by atoms with van der Waals surface area (Å²) in [6.45, 7) is 4.81. The van der Waals surface area contributed by atoms with Crippen molar-refractivity contribution in [2.45, 2.75) is 39.3 Å². The third kappa shape index (κ3) is 2.40. The topological polar surface area (TPSA) is 51.0 Å². The standard InChI is InChI=1S/C12H15N3OS/c1-7-12(17-8(2)14-7)11-5-10(15-16-11)6-13-9-3-4-9/h5,9,13H,3-4,6H2,1-2H3. The van der Waals surface area contributed by atoms with Crippen molar-refractivity contribution in [1.82, 2.24) is 15.5 Å². The van der Waals surface area contributed by atoms with Gasteiger partial charge in [-0.25, -0.2) is 4.98 Å². The molecule has 0 amide bonds. The maximum Gasteiger partial charge on any atom is 0.179 e. The highest BCUT2D eigenvalue weighted by molar-refractivity contribution is 7.15. The SMILES string of the molecule is Cc1nc(C)c(-c2cc(CNC3CC3)no2)s1. The average molecular weight is 249 g/mol. The molecule has 0 bridgehead atoms. The summed E-state index contributed by atoms with van der Waals surface area (Å²) in [7, 11) is 0. The fourth-order valence-corrected chi connectivity index (χ4v) is 2.67. The molecule has 3 rings (SSSR count). The minimum atomic E-state index is 0.697. The highest BCUT2D eigenvalue weighted by Crippen LogP contribution is 2.30. The van der Waals surface area contributed by atoms with E-state index in [0.717, 1.165) is 33.6 Å². The van der Waals surface area contributed by atoms with Crippen LogP contribution in [0.25, 0.3) is 10.6 Å². The lowest BCUT2D eigenvalue weighted by atomic mass is 10.3. The number of hydrogen-bond donors (Lipinski definition) is 1. The van der Waals surface area contributed by atoms with Gasteiger partial charge in [-0.2, -0.15) is 0 Å². The van der Waals surface area contributed by atoms with Crippen LogP contribution in [-0.2, 0) is 6.54 Å². The summed E-state index contributed by atoms with van der Waals surface area (Å²) in [6, 6.07) is 2.71. The molecule has 1 aliphatic rings. The Hall–Kier alpha value is -1.20. The second kappa shape index (κ2) is 4.23. The molecule has 0 aliphatic heterocycles. The van der Waals surface area contributed by atoms with Crippen LogP contribution in [0.1, 0.15) is 29.2 Å². The van der Waals surface area contributed by atoms with Crippen LogP contribution in [0.2, 0.25) is 0 Å². The quantitative estimate of drug-likeness (QED) is 0.905. The Morgan fingerprint density at radius 2 is 2.29 bits per heavy atom. The van der Waals surface area contributed by atoms with Crippen LogP contribution >= 0.6 is 11.3 Å². The number of aromatic nitrogens is 2. The summed E-state index contributed by atoms with van der Waals surface area (Å²) in [6.07, 6.45) is 2.58. The summed E-state index contributed by atoms with van der Waals surface area (Å²) in [4.78, 5) is 5.49. The highest BCUT2D eigenvalue weighted by atomic mass is 32.1. The molecule has 0 radical (unpaired) electrons. The van der Waals surface area contributed by atoms with Crippen LogP contribution in [-0.4, -0.2) is 16.2 Å². The lowest BCUT2D eigenvalue weighted by molar-refractivity contribution is 0.420. The minimum absolute atomic E-state index is 0.697. The van der Waals surface area contributed by atoms with E-state index in [0.29, 0.717) is 6.04 Å². The predicted octanol–water partition coefficient (Wildman–Crippen LogP) is 2.67. The first kappa shape index (κ1) is 10.9. The molecule has 90 valence electrons. The Morgan fingerprint density at radius 1 is 1.47 bits per heavy atom. The Bertz CT molecular complexity index is 528. The van der Waals surface area contributed by atoms with E-state index in [1.807, 2.05) is 19.9 Å². The van der Waals surface area contributed by atoms with Crippen molar-refractivity contribution in [1.29, 1.82) is 0 Å². The van der Waals surface area contributed by atoms with E-state index in [-0.39, 0.29) is 0 Å². The van der Waals surface area contributed by atoms with E-state index in [4.69, 9.17) is 4.52 Å². The number of thiazole rings is 1. The summed E-state index contributed by atoms with van der Waals surface area (Å²) < 4.78 is 5.38. The lowest BCUT2D eigenvalue weighted by Gasteiger charge is -1.95. The largest absolute Gasteiger partial charge is 0.355 e. The molecule has 0 spiro atoms. The van der Waals surface area contributed by atoms with Crippen LogP contribution in [0.5, 0.6) is 0 Å². The van der Waals surface area contributed by atoms with Gasteiger partial charge in [0.15, 0.2) is 5.76 Å². The fourth-order valence-electron chi connectivity index (χ4n) is 1.80. The zero-order valence-corrected chi connectivity index (χ0v) is 10.8. The van der Waals surface area contributed by atoms with Gasteiger partial charge in [-0.3, -0.25) is 0 Å². The zero-order valence-electron chi connectivity index (χ0n) is 9.99. The molecule has 0 atom stereocenters. The first-order chi connectivity index (χ1) is 8.22. The molecule has 5 heteroatoms. The van der Waals surface area contributed by atoms with Crippen LogP contribution in [0.4, 0.5) is 0 Å². The van der Waals surface area contributed by atoms with Crippen molar-refractivity contribution < 1.29 is 4.52 Å². The maximum absolute atomic E-state index is 5.38. The molecule has 1 fully saturated rings. The number of aryl methyl sites for hydroxylation is 2. The molecule has 2 aromatic rings. The average Bonchev–Trinajstić information content (AvgIpc) is 2.90. The monoisotopic (exact) mass is 249 g/mol. The van der Waals surface area contributed by atoms with Crippen molar-refractivity contribution in [3.8, 4) is 10.6 Å². The molecule has 2 heterocycles. The smallest absolute Gasteiger partial charge is 0.179 e. The Balaban J connectivity index is 1.76. The first-order valence-electron chi connectivity index (χ1n) is 5.86. The second-order valence-corrected chi connectivity index (χ2v) is 5.69. The molecule has 2 aromatic heterocycles. The molecule has 0 unspecified atom stereocenters. The van der Waals surface area contributed by atoms with Gasteiger partial charge in [0.25, 0.3) is 0 Å². The fraction of sp³-hybridized carbons (Fsp3) is 0.500. The highest BCUT2D eigenvalue weighted by Gasteiger charge is 2.21. The van der Waals surface area contributed by atoms with E-state index >= 15 is 0 Å². The van der Waals surface area contributed by atoms with Crippen molar-refractivity contribution in [2.75, 3.05) is 0 Å². The molecule has 0 saturated heterocycles. The van der Waals surface area contributed by atoms with Gasteiger partial charge in [-0.05, 0) is 26.7 Å². The van der Waals surface area contributed by atoms with E-state index in [1.54, 1.807) is 11.3 Å². The molecule has 4 nitrogen and oxygen atoms in total. The minimum Gasteiger partial charge on any atom is -0.355 e. The van der Waals surface area contributed by atoms with Gasteiger partial charge in [0, 0.05) is 18.7 Å². The van der Waals surface area contributed by atoms with Crippen molar-refractivity contribution in [3.63, 3.8) is 0 Å². The van der Waals surface area contributed by atoms with Gasteiger partial charge < -0.3 is 9.84 Å². The van der Waals surface area contributed by atoms with Gasteiger partial charge >= 0.3 is 0 Å². The Kier molecular flexibility index (Phi) is 2.72. The number of hydrogen-bond acceptors (Lipinski definition) is 5. The zero-order chi connectivity index (χ0) is 11.8. The van der Waals surface area contributed by atoms with Crippen LogP contribution in [0, 0.1) is 13.8 Å². The Morgan fingerprint density at radius 3 is 2.94 bits per heavy atom. The predicted molar refractivity (Wildman–Crippen MR) is 66.9 cm³/mol. The van der Waals surface area contributed by atoms with Gasteiger partial charge in [0.1, 0.15) is 0 Å². The maximum atomic E-state index is 5.38. The summed E-state index contributed by atoms with van der Waals surface area (Å²) in [5, 5.41) is 8.57. The molecule has 17 heavy (non-hydrogen) atoms. The van der Waals surface area contributed by atoms with Gasteiger partial charge in [-0.1, -0.05) is 5.16 Å². The lowest BCUT2D eigenvalue weighted by Crippen LogP contribution is -2.15. The summed E-state index contributed by atoms with van der Waals surface area (Å²) in [5.41, 5.74) is 1.99. The number of nitrogens with one attached hydrogen (secondary N) is 1. The third-order valence-electron chi connectivity index (χ3n) is 2.84. The molecule has 1 aliphatic carbocycles. The van der Waals surface area contributed by atoms with Gasteiger partial charge in [-0.15, -0.1) is 11.3 Å². The van der Waals surface area contributed by atoms with E-state index in [2.05, 4.69) is 15.5 Å². The second-order valence-electron chi connectivity index (χ2n) is 4.49. The molecule has 0 aromatic carbocycles. The van der Waals surface area contributed by atoms with Crippen molar-refractivity contribution >= 4 is 11.3 Å². The van der Waals surface area contributed by atoms with Crippen molar-refractivity contribution in [3.05, 3.63) is 22.5 Å². The first-order valence-corrected chi connectivity index (χ1v) is 6.67. The van der Waals surface area contributed by atoms with Gasteiger partial charge in [0.2, 0.25) is 0 Å². The molecule has 1 N–H and O–H groups in total. The summed E-state index contributed by atoms with van der Waals surface area (Å²) in [5.74, 6) is 0.834. The van der Waals surface area contributed by atoms with E-state index in [9.17, 15) is 0 Å². The van der Waals surface area contributed by atoms with Gasteiger partial charge in [0.05, 0.1) is 21.3 Å². The van der Waals surface area contributed by atoms with Crippen LogP contribution < -0.4 is 5.32 Å². The molecule has 1 saturated carbocycles. The molecular formula is C12H15N3OS. The third-order valence-corrected chi connectivity index (χ3v) is 3.92. The normalized spacial score (nSPS) is 15.4. The number of nitrogens with zero attached hydrogens (tertiary/aromatic N) is 2. The van der Waals surface area contributed by atoms with E-state index < -0.39 is 0 Å². The summed E-state index contributed by atoms with van der Waals surface area (Å²) >= 11 is 1.65. The molecular weight excluding hydrogens is 234 g/mol. The van der Waals surface area contributed by atoms with E-state index in [1.165, 1.54) is 12.8 Å². The Labute approximate surface area is 104 Å². The van der Waals surface area contributed by atoms with Crippen molar-refractivity contribution in [2.24, 2.45) is 0 Å². The number of rotatable bonds is 4.